The second kappa shape index (κ2) is 4.61. The molecular formula is C12H9NO4. The lowest BCUT2D eigenvalue weighted by atomic mass is 10.2. The first-order valence-corrected chi connectivity index (χ1v) is 4.95. The molecule has 0 aromatic heterocycles. The van der Waals surface area contributed by atoms with E-state index in [0.29, 0.717) is 4.90 Å². The van der Waals surface area contributed by atoms with Crippen LogP contribution in [0.4, 0.5) is 4.79 Å². The van der Waals surface area contributed by atoms with E-state index in [9.17, 15) is 14.4 Å². The molecule has 0 unspecified atom stereocenters. The Labute approximate surface area is 97.3 Å². The minimum atomic E-state index is -0.950. The van der Waals surface area contributed by atoms with Gasteiger partial charge in [-0.3, -0.25) is 9.59 Å². The molecule has 0 saturated heterocycles. The number of carbonyl (C=O) groups excluding carboxylic acids is 3. The summed E-state index contributed by atoms with van der Waals surface area (Å²) in [6.07, 6.45) is 1.12. The number of hydrogen-bond donors (Lipinski definition) is 0. The molecule has 0 aliphatic carbocycles. The number of nitrogens with zero attached hydrogens (tertiary/aromatic N) is 1. The van der Waals surface area contributed by atoms with Gasteiger partial charge in [-0.1, -0.05) is 30.3 Å². The van der Waals surface area contributed by atoms with Gasteiger partial charge in [0, 0.05) is 12.2 Å². The van der Waals surface area contributed by atoms with Crippen molar-refractivity contribution < 1.29 is 19.1 Å². The number of imide groups is 3. The zero-order valence-electron chi connectivity index (χ0n) is 8.83. The van der Waals surface area contributed by atoms with Gasteiger partial charge in [0.05, 0.1) is 0 Å². The van der Waals surface area contributed by atoms with Crippen molar-refractivity contribution in [3.63, 3.8) is 0 Å². The fourth-order valence-corrected chi connectivity index (χ4v) is 1.36. The minimum absolute atomic E-state index is 0.0245. The van der Waals surface area contributed by atoms with E-state index in [2.05, 4.69) is 0 Å². The third-order valence-electron chi connectivity index (χ3n) is 2.20. The van der Waals surface area contributed by atoms with Gasteiger partial charge in [0.1, 0.15) is 6.61 Å². The van der Waals surface area contributed by atoms with Crippen molar-refractivity contribution in [2.75, 3.05) is 0 Å². The van der Waals surface area contributed by atoms with E-state index < -0.39 is 17.9 Å². The highest BCUT2D eigenvalue weighted by Gasteiger charge is 2.31. The molecule has 0 radical (unpaired) electrons. The summed E-state index contributed by atoms with van der Waals surface area (Å²) in [5.74, 6) is -1.35. The van der Waals surface area contributed by atoms with E-state index in [1.54, 1.807) is 24.3 Å². The van der Waals surface area contributed by atoms with Crippen molar-refractivity contribution in [1.82, 2.24) is 4.90 Å². The normalized spacial score (nSPS) is 14.2. The van der Waals surface area contributed by atoms with Crippen LogP contribution in [0.3, 0.4) is 0 Å². The molecule has 0 saturated carbocycles. The van der Waals surface area contributed by atoms with E-state index in [4.69, 9.17) is 4.74 Å². The van der Waals surface area contributed by atoms with Crippen molar-refractivity contribution in [1.29, 1.82) is 0 Å². The van der Waals surface area contributed by atoms with E-state index in [1.807, 2.05) is 6.07 Å². The molecule has 1 aromatic carbocycles. The van der Waals surface area contributed by atoms with Gasteiger partial charge < -0.3 is 4.74 Å². The van der Waals surface area contributed by atoms with Crippen LogP contribution in [0.5, 0.6) is 0 Å². The standard InChI is InChI=1S/C12H9NO4/c14-10-6-7-11(15)13(10)12(16)17-8-9-4-2-1-3-5-9/h1-7H,8H2. The maximum Gasteiger partial charge on any atom is 0.424 e. The van der Waals surface area contributed by atoms with E-state index in [0.717, 1.165) is 17.7 Å². The van der Waals surface area contributed by atoms with Crippen LogP contribution in [-0.2, 0) is 20.9 Å². The lowest BCUT2D eigenvalue weighted by Gasteiger charge is -2.11. The van der Waals surface area contributed by atoms with Gasteiger partial charge in [0.25, 0.3) is 11.8 Å². The van der Waals surface area contributed by atoms with Crippen LogP contribution in [-0.4, -0.2) is 22.8 Å². The molecule has 5 heteroatoms. The number of amides is 3. The highest BCUT2D eigenvalue weighted by molar-refractivity contribution is 6.21. The van der Waals surface area contributed by atoms with E-state index >= 15 is 0 Å². The van der Waals surface area contributed by atoms with Crippen LogP contribution in [0.15, 0.2) is 42.5 Å². The van der Waals surface area contributed by atoms with Crippen molar-refractivity contribution in [2.45, 2.75) is 6.61 Å². The van der Waals surface area contributed by atoms with Crippen LogP contribution < -0.4 is 0 Å². The van der Waals surface area contributed by atoms with Gasteiger partial charge in [0.2, 0.25) is 0 Å². The topological polar surface area (TPSA) is 63.7 Å². The third kappa shape index (κ3) is 2.39. The second-order valence-electron chi connectivity index (χ2n) is 3.39. The summed E-state index contributed by atoms with van der Waals surface area (Å²) in [6.45, 7) is 0.0245. The third-order valence-corrected chi connectivity index (χ3v) is 2.20. The highest BCUT2D eigenvalue weighted by Crippen LogP contribution is 2.08. The zero-order chi connectivity index (χ0) is 12.3. The Balaban J connectivity index is 1.95. The van der Waals surface area contributed by atoms with Crippen LogP contribution in [0.25, 0.3) is 0 Å². The Morgan fingerprint density at radius 3 is 2.24 bits per heavy atom. The Morgan fingerprint density at radius 1 is 1.06 bits per heavy atom. The Morgan fingerprint density at radius 2 is 1.65 bits per heavy atom. The molecule has 0 spiro atoms. The molecule has 1 aromatic rings. The number of benzene rings is 1. The van der Waals surface area contributed by atoms with Crippen molar-refractivity contribution in [3.05, 3.63) is 48.0 Å². The smallest absolute Gasteiger partial charge is 0.424 e. The summed E-state index contributed by atoms with van der Waals surface area (Å²) in [4.78, 5) is 34.2. The van der Waals surface area contributed by atoms with E-state index in [1.165, 1.54) is 0 Å². The second-order valence-corrected chi connectivity index (χ2v) is 3.39. The Bertz CT molecular complexity index is 474. The van der Waals surface area contributed by atoms with Crippen LogP contribution in [0.1, 0.15) is 5.56 Å². The first kappa shape index (κ1) is 11.1. The zero-order valence-corrected chi connectivity index (χ0v) is 8.83. The molecule has 5 nitrogen and oxygen atoms in total. The molecule has 86 valence electrons. The lowest BCUT2D eigenvalue weighted by Crippen LogP contribution is -2.36. The maximum absolute atomic E-state index is 11.5. The summed E-state index contributed by atoms with van der Waals surface area (Å²) in [5.41, 5.74) is 0.785. The molecule has 1 aliphatic heterocycles. The fraction of sp³-hybridized carbons (Fsp3) is 0.0833. The largest absolute Gasteiger partial charge is 0.444 e. The summed E-state index contributed by atoms with van der Waals surface area (Å²) >= 11 is 0. The number of rotatable bonds is 2. The summed E-state index contributed by atoms with van der Waals surface area (Å²) < 4.78 is 4.86. The van der Waals surface area contributed by atoms with Crippen LogP contribution >= 0.6 is 0 Å². The first-order chi connectivity index (χ1) is 8.18. The molecule has 2 rings (SSSR count). The van der Waals surface area contributed by atoms with Gasteiger partial charge in [-0.25, -0.2) is 4.79 Å². The van der Waals surface area contributed by atoms with Gasteiger partial charge in [0.15, 0.2) is 0 Å². The minimum Gasteiger partial charge on any atom is -0.444 e. The Kier molecular flexibility index (Phi) is 3.00. The molecule has 3 amide bonds. The SMILES string of the molecule is O=C1C=CC(=O)N1C(=O)OCc1ccccc1. The quantitative estimate of drug-likeness (QED) is 0.718. The maximum atomic E-state index is 11.5. The van der Waals surface area contributed by atoms with Gasteiger partial charge >= 0.3 is 6.09 Å². The highest BCUT2D eigenvalue weighted by atomic mass is 16.6. The first-order valence-electron chi connectivity index (χ1n) is 4.95. The van der Waals surface area contributed by atoms with Crippen molar-refractivity contribution in [3.8, 4) is 0 Å². The summed E-state index contributed by atoms with van der Waals surface area (Å²) in [7, 11) is 0. The molecule has 0 fully saturated rings. The molecule has 17 heavy (non-hydrogen) atoms. The van der Waals surface area contributed by atoms with Crippen LogP contribution in [0.2, 0.25) is 0 Å². The number of ether oxygens (including phenoxy) is 1. The molecule has 0 bridgehead atoms. The average molecular weight is 231 g/mol. The molecule has 0 atom stereocenters. The molecule has 1 heterocycles. The predicted octanol–water partition coefficient (Wildman–Crippen LogP) is 1.25. The number of carbonyl (C=O) groups is 3. The number of hydrogen-bond acceptors (Lipinski definition) is 4. The summed E-state index contributed by atoms with van der Waals surface area (Å²) in [6, 6.07) is 8.99. The molecule has 0 N–H and O–H groups in total. The average Bonchev–Trinajstić information content (AvgIpc) is 2.67. The molecule has 1 aliphatic rings. The van der Waals surface area contributed by atoms with Gasteiger partial charge in [-0.05, 0) is 5.56 Å². The van der Waals surface area contributed by atoms with Gasteiger partial charge in [-0.15, -0.1) is 0 Å². The molecular weight excluding hydrogens is 222 g/mol. The Hall–Kier alpha value is -2.43. The van der Waals surface area contributed by atoms with Crippen molar-refractivity contribution >= 4 is 17.9 Å². The van der Waals surface area contributed by atoms with E-state index in [-0.39, 0.29) is 6.61 Å². The lowest BCUT2D eigenvalue weighted by molar-refractivity contribution is -0.134. The summed E-state index contributed by atoms with van der Waals surface area (Å²) in [5, 5.41) is 0. The van der Waals surface area contributed by atoms with Crippen LogP contribution in [0, 0.1) is 0 Å². The fourth-order valence-electron chi connectivity index (χ4n) is 1.36. The predicted molar refractivity (Wildman–Crippen MR) is 57.6 cm³/mol. The monoisotopic (exact) mass is 231 g/mol. The van der Waals surface area contributed by atoms with Crippen molar-refractivity contribution in [2.24, 2.45) is 0 Å². The van der Waals surface area contributed by atoms with Gasteiger partial charge in [-0.2, -0.15) is 4.90 Å².